The van der Waals surface area contributed by atoms with Gasteiger partial charge in [-0.15, -0.1) is 0 Å². The minimum absolute atomic E-state index is 0.138. The van der Waals surface area contributed by atoms with Crippen molar-refractivity contribution in [3.05, 3.63) is 0 Å². The zero-order chi connectivity index (χ0) is 13.3. The average molecular weight is 254 g/mol. The molecule has 6 heteroatoms. The summed E-state index contributed by atoms with van der Waals surface area (Å²) in [6.45, 7) is 1.83. The van der Waals surface area contributed by atoms with Gasteiger partial charge >= 0.3 is 5.97 Å². The van der Waals surface area contributed by atoms with Gasteiger partial charge in [0.25, 0.3) is 0 Å². The SMILES string of the molecule is CC(C(=O)O)C(=O)N1CCCC1C(=O)NC1CC1. The number of aliphatic carboxylic acids is 1. The van der Waals surface area contributed by atoms with Crippen molar-refractivity contribution >= 4 is 17.8 Å². The lowest BCUT2D eigenvalue weighted by atomic mass is 10.1. The third-order valence-electron chi connectivity index (χ3n) is 3.50. The molecule has 0 aromatic rings. The van der Waals surface area contributed by atoms with Crippen LogP contribution >= 0.6 is 0 Å². The highest BCUT2D eigenvalue weighted by Gasteiger charge is 2.39. The molecule has 2 rings (SSSR count). The lowest BCUT2D eigenvalue weighted by molar-refractivity contribution is -0.152. The van der Waals surface area contributed by atoms with E-state index in [0.717, 1.165) is 19.3 Å². The second-order valence-electron chi connectivity index (χ2n) is 5.03. The van der Waals surface area contributed by atoms with Crippen molar-refractivity contribution in [3.63, 3.8) is 0 Å². The standard InChI is InChI=1S/C12H18N2O4/c1-7(12(17)18)11(16)14-6-2-3-9(14)10(15)13-8-4-5-8/h7-9H,2-6H2,1H3,(H,13,15)(H,17,18). The predicted molar refractivity (Wildman–Crippen MR) is 62.7 cm³/mol. The van der Waals surface area contributed by atoms with Crippen LogP contribution in [0.15, 0.2) is 0 Å². The van der Waals surface area contributed by atoms with Gasteiger partial charge in [-0.2, -0.15) is 0 Å². The Morgan fingerprint density at radius 1 is 1.28 bits per heavy atom. The maximum Gasteiger partial charge on any atom is 0.315 e. The molecular formula is C12H18N2O4. The molecule has 1 heterocycles. The van der Waals surface area contributed by atoms with Crippen molar-refractivity contribution in [2.75, 3.05) is 6.54 Å². The van der Waals surface area contributed by atoms with E-state index in [1.165, 1.54) is 11.8 Å². The molecule has 2 fully saturated rings. The van der Waals surface area contributed by atoms with Crippen LogP contribution in [0.3, 0.4) is 0 Å². The maximum atomic E-state index is 12.0. The Bertz CT molecular complexity index is 378. The first-order valence-corrected chi connectivity index (χ1v) is 6.34. The summed E-state index contributed by atoms with van der Waals surface area (Å²) >= 11 is 0. The number of carbonyl (C=O) groups is 3. The van der Waals surface area contributed by atoms with Gasteiger partial charge in [-0.25, -0.2) is 0 Å². The molecule has 100 valence electrons. The number of likely N-dealkylation sites (tertiary alicyclic amines) is 1. The molecule has 18 heavy (non-hydrogen) atoms. The first-order chi connectivity index (χ1) is 8.50. The van der Waals surface area contributed by atoms with Crippen LogP contribution in [0.4, 0.5) is 0 Å². The summed E-state index contributed by atoms with van der Waals surface area (Å²) < 4.78 is 0. The number of hydrogen-bond acceptors (Lipinski definition) is 3. The summed E-state index contributed by atoms with van der Waals surface area (Å²) in [5, 5.41) is 11.7. The summed E-state index contributed by atoms with van der Waals surface area (Å²) in [7, 11) is 0. The predicted octanol–water partition coefficient (Wildman–Crippen LogP) is -0.0233. The summed E-state index contributed by atoms with van der Waals surface area (Å²) in [6, 6.07) is -0.230. The Morgan fingerprint density at radius 2 is 1.94 bits per heavy atom. The molecule has 2 N–H and O–H groups in total. The number of amides is 2. The van der Waals surface area contributed by atoms with Crippen LogP contribution in [0.25, 0.3) is 0 Å². The smallest absolute Gasteiger partial charge is 0.315 e. The molecule has 1 saturated carbocycles. The molecule has 0 aromatic carbocycles. The molecule has 6 nitrogen and oxygen atoms in total. The normalized spacial score (nSPS) is 24.7. The van der Waals surface area contributed by atoms with Gasteiger partial charge in [0.05, 0.1) is 0 Å². The number of rotatable bonds is 4. The molecule has 1 aliphatic carbocycles. The number of hydrogen-bond donors (Lipinski definition) is 2. The second kappa shape index (κ2) is 4.96. The van der Waals surface area contributed by atoms with Gasteiger partial charge in [-0.05, 0) is 32.6 Å². The van der Waals surface area contributed by atoms with E-state index in [4.69, 9.17) is 5.11 Å². The third-order valence-corrected chi connectivity index (χ3v) is 3.50. The zero-order valence-electron chi connectivity index (χ0n) is 10.4. The third kappa shape index (κ3) is 2.63. The van der Waals surface area contributed by atoms with E-state index in [0.29, 0.717) is 13.0 Å². The molecule has 0 bridgehead atoms. The molecule has 2 amide bonds. The number of nitrogens with one attached hydrogen (secondary N) is 1. The van der Waals surface area contributed by atoms with E-state index < -0.39 is 23.8 Å². The van der Waals surface area contributed by atoms with Crippen LogP contribution in [0, 0.1) is 5.92 Å². The van der Waals surface area contributed by atoms with E-state index >= 15 is 0 Å². The van der Waals surface area contributed by atoms with Crippen molar-refractivity contribution < 1.29 is 19.5 Å². The molecule has 2 aliphatic rings. The molecular weight excluding hydrogens is 236 g/mol. The highest BCUT2D eigenvalue weighted by atomic mass is 16.4. The lowest BCUT2D eigenvalue weighted by Gasteiger charge is -2.25. The Balaban J connectivity index is 1.99. The highest BCUT2D eigenvalue weighted by Crippen LogP contribution is 2.23. The van der Waals surface area contributed by atoms with Crippen LogP contribution in [0.2, 0.25) is 0 Å². The topological polar surface area (TPSA) is 86.7 Å². The lowest BCUT2D eigenvalue weighted by Crippen LogP contribution is -2.49. The molecule has 2 unspecified atom stereocenters. The van der Waals surface area contributed by atoms with Gasteiger partial charge in [0.15, 0.2) is 0 Å². The Morgan fingerprint density at radius 3 is 2.50 bits per heavy atom. The van der Waals surface area contributed by atoms with Gasteiger partial charge in [0.1, 0.15) is 12.0 Å². The molecule has 1 saturated heterocycles. The summed E-state index contributed by atoms with van der Waals surface area (Å²) in [5.74, 6) is -2.83. The van der Waals surface area contributed by atoms with Gasteiger partial charge in [-0.1, -0.05) is 0 Å². The summed E-state index contributed by atoms with van der Waals surface area (Å²) in [5.41, 5.74) is 0. The molecule has 2 atom stereocenters. The van der Waals surface area contributed by atoms with E-state index in [1.807, 2.05) is 0 Å². The van der Waals surface area contributed by atoms with Crippen molar-refractivity contribution in [1.82, 2.24) is 10.2 Å². The monoisotopic (exact) mass is 254 g/mol. The van der Waals surface area contributed by atoms with E-state index in [9.17, 15) is 14.4 Å². The fourth-order valence-corrected chi connectivity index (χ4v) is 2.18. The molecule has 0 spiro atoms. The zero-order valence-corrected chi connectivity index (χ0v) is 10.4. The van der Waals surface area contributed by atoms with Gasteiger partial charge < -0.3 is 15.3 Å². The second-order valence-corrected chi connectivity index (χ2v) is 5.03. The molecule has 1 aliphatic heterocycles. The molecule has 0 aromatic heterocycles. The van der Waals surface area contributed by atoms with Crippen molar-refractivity contribution in [3.8, 4) is 0 Å². The minimum atomic E-state index is -1.15. The largest absolute Gasteiger partial charge is 0.481 e. The van der Waals surface area contributed by atoms with Gasteiger partial charge in [0, 0.05) is 12.6 Å². The van der Waals surface area contributed by atoms with Crippen LogP contribution in [-0.4, -0.2) is 46.4 Å². The maximum absolute atomic E-state index is 12.0. The number of carboxylic acids is 1. The fraction of sp³-hybridized carbons (Fsp3) is 0.750. The number of carboxylic acid groups (broad SMARTS) is 1. The minimum Gasteiger partial charge on any atom is -0.481 e. The van der Waals surface area contributed by atoms with Crippen molar-refractivity contribution in [2.45, 2.75) is 44.7 Å². The van der Waals surface area contributed by atoms with E-state index in [-0.39, 0.29) is 11.9 Å². The first-order valence-electron chi connectivity index (χ1n) is 6.34. The van der Waals surface area contributed by atoms with Crippen LogP contribution in [0.1, 0.15) is 32.6 Å². The van der Waals surface area contributed by atoms with Gasteiger partial charge in [-0.3, -0.25) is 14.4 Å². The number of carbonyl (C=O) groups excluding carboxylic acids is 2. The van der Waals surface area contributed by atoms with Gasteiger partial charge in [0.2, 0.25) is 11.8 Å². The summed E-state index contributed by atoms with van der Waals surface area (Å²) in [4.78, 5) is 36.1. The van der Waals surface area contributed by atoms with Crippen molar-refractivity contribution in [2.24, 2.45) is 5.92 Å². The molecule has 0 radical (unpaired) electrons. The first kappa shape index (κ1) is 12.9. The van der Waals surface area contributed by atoms with Crippen LogP contribution in [0.5, 0.6) is 0 Å². The number of nitrogens with zero attached hydrogens (tertiary/aromatic N) is 1. The average Bonchev–Trinajstić information content (AvgIpc) is 3.00. The highest BCUT2D eigenvalue weighted by molar-refractivity contribution is 5.99. The van der Waals surface area contributed by atoms with Crippen LogP contribution in [-0.2, 0) is 14.4 Å². The Labute approximate surface area is 105 Å². The Kier molecular flexibility index (Phi) is 3.54. The quantitative estimate of drug-likeness (QED) is 0.690. The fourth-order valence-electron chi connectivity index (χ4n) is 2.18. The van der Waals surface area contributed by atoms with E-state index in [1.54, 1.807) is 0 Å². The summed E-state index contributed by atoms with van der Waals surface area (Å²) in [6.07, 6.45) is 3.37. The van der Waals surface area contributed by atoms with E-state index in [2.05, 4.69) is 5.32 Å². The Hall–Kier alpha value is -1.59. The van der Waals surface area contributed by atoms with Crippen LogP contribution < -0.4 is 5.32 Å². The van der Waals surface area contributed by atoms with Crippen molar-refractivity contribution in [1.29, 1.82) is 0 Å².